The molecule has 5 nitrogen and oxygen atoms in total. The van der Waals surface area contributed by atoms with Crippen LogP contribution in [-0.2, 0) is 9.53 Å². The van der Waals surface area contributed by atoms with Gasteiger partial charge in [0.2, 0.25) is 5.91 Å². The molecular weight excluding hydrogens is 244 g/mol. The van der Waals surface area contributed by atoms with Crippen LogP contribution in [0.1, 0.15) is 20.3 Å². The van der Waals surface area contributed by atoms with E-state index >= 15 is 0 Å². The summed E-state index contributed by atoms with van der Waals surface area (Å²) in [7, 11) is 1.54. The zero-order chi connectivity index (χ0) is 14.3. The Kier molecular flexibility index (Phi) is 6.32. The van der Waals surface area contributed by atoms with Crippen molar-refractivity contribution in [2.45, 2.75) is 32.5 Å². The summed E-state index contributed by atoms with van der Waals surface area (Å²) in [6, 6.07) is 7.34. The second-order valence-electron chi connectivity index (χ2n) is 4.51. The molecule has 0 bridgehead atoms. The molecule has 0 saturated carbocycles. The summed E-state index contributed by atoms with van der Waals surface area (Å²) in [5, 5.41) is 2.82. The number of ether oxygens (including phenoxy) is 2. The maximum Gasteiger partial charge on any atom is 0.227 e. The topological polar surface area (TPSA) is 73.6 Å². The van der Waals surface area contributed by atoms with E-state index < -0.39 is 0 Å². The van der Waals surface area contributed by atoms with Gasteiger partial charge in [-0.15, -0.1) is 0 Å². The minimum absolute atomic E-state index is 0.0498. The molecule has 19 heavy (non-hydrogen) atoms. The van der Waals surface area contributed by atoms with Crippen LogP contribution in [0.3, 0.4) is 0 Å². The number of carbonyl (C=O) groups excluding carboxylic acids is 1. The van der Waals surface area contributed by atoms with Crippen molar-refractivity contribution in [2.75, 3.05) is 19.0 Å². The van der Waals surface area contributed by atoms with Gasteiger partial charge >= 0.3 is 0 Å². The van der Waals surface area contributed by atoms with Gasteiger partial charge in [0.15, 0.2) is 0 Å². The molecule has 0 aliphatic carbocycles. The second kappa shape index (κ2) is 7.76. The molecule has 1 amide bonds. The van der Waals surface area contributed by atoms with Crippen LogP contribution in [0.5, 0.6) is 5.75 Å². The third kappa shape index (κ3) is 5.28. The molecule has 1 aromatic rings. The average Bonchev–Trinajstić information content (AvgIpc) is 2.37. The van der Waals surface area contributed by atoms with Crippen molar-refractivity contribution in [2.24, 2.45) is 5.73 Å². The van der Waals surface area contributed by atoms with Gasteiger partial charge < -0.3 is 20.5 Å². The van der Waals surface area contributed by atoms with Gasteiger partial charge in [-0.2, -0.15) is 0 Å². The van der Waals surface area contributed by atoms with Crippen LogP contribution in [0.15, 0.2) is 24.3 Å². The third-order valence-corrected chi connectivity index (χ3v) is 2.53. The number of benzene rings is 1. The molecular formula is C14H22N2O3. The van der Waals surface area contributed by atoms with Gasteiger partial charge in [0, 0.05) is 13.7 Å². The Morgan fingerprint density at radius 1 is 1.37 bits per heavy atom. The molecule has 1 rings (SSSR count). The van der Waals surface area contributed by atoms with E-state index in [9.17, 15) is 4.79 Å². The fourth-order valence-electron chi connectivity index (χ4n) is 1.60. The normalized spacial score (nSPS) is 12.3. The molecule has 1 aromatic carbocycles. The van der Waals surface area contributed by atoms with Crippen LogP contribution in [0.25, 0.3) is 0 Å². The summed E-state index contributed by atoms with van der Waals surface area (Å²) in [5.74, 6) is 0.518. The number of para-hydroxylation sites is 2. The number of amides is 1. The first-order chi connectivity index (χ1) is 9.06. The Balaban J connectivity index is 2.68. The number of carbonyl (C=O) groups is 1. The van der Waals surface area contributed by atoms with Gasteiger partial charge in [0.25, 0.3) is 0 Å². The number of nitrogens with two attached hydrogens (primary N) is 1. The summed E-state index contributed by atoms with van der Waals surface area (Å²) in [6.45, 7) is 4.19. The van der Waals surface area contributed by atoms with Gasteiger partial charge in [0.05, 0.1) is 24.3 Å². The monoisotopic (exact) mass is 266 g/mol. The molecule has 0 aromatic heterocycles. The first-order valence-corrected chi connectivity index (χ1v) is 6.35. The Morgan fingerprint density at radius 3 is 2.63 bits per heavy atom. The third-order valence-electron chi connectivity index (χ3n) is 2.53. The van der Waals surface area contributed by atoms with E-state index in [0.29, 0.717) is 18.0 Å². The molecule has 106 valence electrons. The second-order valence-corrected chi connectivity index (χ2v) is 4.51. The molecule has 0 spiro atoms. The quantitative estimate of drug-likeness (QED) is 0.789. The van der Waals surface area contributed by atoms with Crippen molar-refractivity contribution in [1.82, 2.24) is 0 Å². The lowest BCUT2D eigenvalue weighted by Gasteiger charge is -2.16. The summed E-state index contributed by atoms with van der Waals surface area (Å²) in [5.41, 5.74) is 6.15. The summed E-state index contributed by atoms with van der Waals surface area (Å²) in [6.07, 6.45) is 0.00947. The lowest BCUT2D eigenvalue weighted by atomic mass is 10.2. The highest BCUT2D eigenvalue weighted by Crippen LogP contribution is 2.25. The number of anilines is 1. The van der Waals surface area contributed by atoms with Crippen molar-refractivity contribution in [1.29, 1.82) is 0 Å². The van der Waals surface area contributed by atoms with Crippen LogP contribution >= 0.6 is 0 Å². The fourth-order valence-corrected chi connectivity index (χ4v) is 1.60. The highest BCUT2D eigenvalue weighted by atomic mass is 16.5. The predicted molar refractivity (Wildman–Crippen MR) is 75.3 cm³/mol. The fraction of sp³-hybridized carbons (Fsp3) is 0.500. The molecule has 5 heteroatoms. The van der Waals surface area contributed by atoms with Gasteiger partial charge in [-0.05, 0) is 26.0 Å². The molecule has 1 atom stereocenters. The van der Waals surface area contributed by atoms with Gasteiger partial charge in [-0.25, -0.2) is 0 Å². The Morgan fingerprint density at radius 2 is 2.05 bits per heavy atom. The zero-order valence-corrected chi connectivity index (χ0v) is 11.7. The zero-order valence-electron chi connectivity index (χ0n) is 11.7. The molecule has 0 aliphatic rings. The van der Waals surface area contributed by atoms with Crippen LogP contribution in [0.2, 0.25) is 0 Å². The highest BCUT2D eigenvalue weighted by Gasteiger charge is 2.13. The molecule has 0 heterocycles. The lowest BCUT2D eigenvalue weighted by Crippen LogP contribution is -2.28. The van der Waals surface area contributed by atoms with Crippen LogP contribution in [-0.4, -0.2) is 31.8 Å². The van der Waals surface area contributed by atoms with E-state index in [1.807, 2.05) is 32.0 Å². The van der Waals surface area contributed by atoms with Crippen molar-refractivity contribution in [3.63, 3.8) is 0 Å². The summed E-state index contributed by atoms with van der Waals surface area (Å²) < 4.78 is 10.7. The summed E-state index contributed by atoms with van der Waals surface area (Å²) in [4.78, 5) is 11.9. The molecule has 0 saturated heterocycles. The first-order valence-electron chi connectivity index (χ1n) is 6.35. The van der Waals surface area contributed by atoms with Crippen molar-refractivity contribution >= 4 is 11.6 Å². The maximum atomic E-state index is 11.9. The van der Waals surface area contributed by atoms with E-state index in [1.165, 1.54) is 0 Å². The number of nitrogens with one attached hydrogen (secondary N) is 1. The van der Waals surface area contributed by atoms with E-state index in [0.717, 1.165) is 0 Å². The van der Waals surface area contributed by atoms with E-state index in [-0.39, 0.29) is 24.5 Å². The lowest BCUT2D eigenvalue weighted by molar-refractivity contribution is -0.118. The number of hydrogen-bond acceptors (Lipinski definition) is 4. The largest absolute Gasteiger partial charge is 0.489 e. The first kappa shape index (κ1) is 15.5. The minimum Gasteiger partial charge on any atom is -0.489 e. The average molecular weight is 266 g/mol. The smallest absolute Gasteiger partial charge is 0.227 e. The van der Waals surface area contributed by atoms with Crippen LogP contribution in [0, 0.1) is 0 Å². The SMILES string of the molecule is COC(CN)CC(=O)Nc1ccccc1OC(C)C. The highest BCUT2D eigenvalue weighted by molar-refractivity contribution is 5.92. The molecule has 1 unspecified atom stereocenters. The van der Waals surface area contributed by atoms with E-state index in [2.05, 4.69) is 5.32 Å². The van der Waals surface area contributed by atoms with Gasteiger partial charge in [0.1, 0.15) is 5.75 Å². The van der Waals surface area contributed by atoms with E-state index in [1.54, 1.807) is 13.2 Å². The van der Waals surface area contributed by atoms with E-state index in [4.69, 9.17) is 15.2 Å². The molecule has 3 N–H and O–H groups in total. The van der Waals surface area contributed by atoms with Crippen LogP contribution < -0.4 is 15.8 Å². The molecule has 0 fully saturated rings. The predicted octanol–water partition coefficient (Wildman–Crippen LogP) is 1.78. The van der Waals surface area contributed by atoms with Crippen molar-refractivity contribution < 1.29 is 14.3 Å². The van der Waals surface area contributed by atoms with Gasteiger partial charge in [-0.3, -0.25) is 4.79 Å². The molecule has 0 radical (unpaired) electrons. The molecule has 0 aliphatic heterocycles. The number of rotatable bonds is 7. The number of hydrogen-bond donors (Lipinski definition) is 2. The van der Waals surface area contributed by atoms with Gasteiger partial charge in [-0.1, -0.05) is 12.1 Å². The summed E-state index contributed by atoms with van der Waals surface area (Å²) >= 11 is 0. The number of methoxy groups -OCH3 is 1. The van der Waals surface area contributed by atoms with Crippen LogP contribution in [0.4, 0.5) is 5.69 Å². The Bertz CT molecular complexity index is 403. The minimum atomic E-state index is -0.266. The standard InChI is InChI=1S/C14H22N2O3/c1-10(2)19-13-7-5-4-6-12(13)16-14(17)8-11(9-15)18-3/h4-7,10-11H,8-9,15H2,1-3H3,(H,16,17). The van der Waals surface area contributed by atoms with Crippen molar-refractivity contribution in [3.8, 4) is 5.75 Å². The Labute approximate surface area is 114 Å². The van der Waals surface area contributed by atoms with Crippen molar-refractivity contribution in [3.05, 3.63) is 24.3 Å². The Hall–Kier alpha value is -1.59. The maximum absolute atomic E-state index is 11.9.